The SMILES string of the molecule is Nc1ccc2nc(N3C4CCC3CC(O)C4)[nH]c2c1. The van der Waals surface area contributed by atoms with Gasteiger partial charge in [-0.25, -0.2) is 4.98 Å². The van der Waals surface area contributed by atoms with E-state index in [2.05, 4.69) is 14.9 Å². The molecule has 2 unspecified atom stereocenters. The Bertz CT molecular complexity index is 609. The minimum absolute atomic E-state index is 0.145. The summed E-state index contributed by atoms with van der Waals surface area (Å²) in [5, 5.41) is 9.86. The van der Waals surface area contributed by atoms with Crippen molar-refractivity contribution in [1.29, 1.82) is 0 Å². The Morgan fingerprint density at radius 1 is 1.26 bits per heavy atom. The fourth-order valence-electron chi connectivity index (χ4n) is 3.63. The number of aromatic nitrogens is 2. The Hall–Kier alpha value is -1.75. The van der Waals surface area contributed by atoms with Gasteiger partial charge in [-0.1, -0.05) is 0 Å². The van der Waals surface area contributed by atoms with Crippen LogP contribution in [-0.2, 0) is 0 Å². The van der Waals surface area contributed by atoms with Gasteiger partial charge in [0.05, 0.1) is 17.1 Å². The number of aliphatic hydroxyl groups is 1. The van der Waals surface area contributed by atoms with Crippen molar-refractivity contribution in [2.45, 2.75) is 43.9 Å². The highest BCUT2D eigenvalue weighted by Crippen LogP contribution is 2.38. The van der Waals surface area contributed by atoms with Gasteiger partial charge in [-0.3, -0.25) is 0 Å². The standard InChI is InChI=1S/C14H18N4O/c15-8-1-4-12-13(5-8)17-14(16-12)18-9-2-3-10(18)7-11(19)6-9/h1,4-5,9-11,19H,2-3,6-7,15H2,(H,16,17). The third-order valence-corrected chi connectivity index (χ3v) is 4.45. The Balaban J connectivity index is 1.74. The molecule has 4 N–H and O–H groups in total. The van der Waals surface area contributed by atoms with Gasteiger partial charge >= 0.3 is 0 Å². The molecule has 1 aromatic carbocycles. The molecule has 5 nitrogen and oxygen atoms in total. The Morgan fingerprint density at radius 2 is 2.00 bits per heavy atom. The van der Waals surface area contributed by atoms with E-state index in [0.29, 0.717) is 12.1 Å². The number of piperidine rings is 1. The summed E-state index contributed by atoms with van der Waals surface area (Å²) in [6.07, 6.45) is 3.88. The first-order chi connectivity index (χ1) is 9.20. The van der Waals surface area contributed by atoms with E-state index in [1.54, 1.807) is 0 Å². The number of aliphatic hydroxyl groups excluding tert-OH is 1. The largest absolute Gasteiger partial charge is 0.399 e. The molecular weight excluding hydrogens is 240 g/mol. The first kappa shape index (κ1) is 11.1. The fraction of sp³-hybridized carbons (Fsp3) is 0.500. The second-order valence-electron chi connectivity index (χ2n) is 5.75. The Morgan fingerprint density at radius 3 is 2.74 bits per heavy atom. The van der Waals surface area contributed by atoms with Crippen LogP contribution >= 0.6 is 0 Å². The highest BCUT2D eigenvalue weighted by Gasteiger charge is 2.41. The lowest BCUT2D eigenvalue weighted by Gasteiger charge is -2.36. The van der Waals surface area contributed by atoms with E-state index in [9.17, 15) is 5.11 Å². The molecule has 2 atom stereocenters. The number of nitrogens with zero attached hydrogens (tertiary/aromatic N) is 2. The van der Waals surface area contributed by atoms with Crippen LogP contribution in [0.1, 0.15) is 25.7 Å². The van der Waals surface area contributed by atoms with Gasteiger partial charge in [0.1, 0.15) is 0 Å². The first-order valence-corrected chi connectivity index (χ1v) is 6.92. The minimum atomic E-state index is -0.145. The molecule has 2 aliphatic rings. The number of aromatic amines is 1. The lowest BCUT2D eigenvalue weighted by Crippen LogP contribution is -2.45. The average Bonchev–Trinajstić information content (AvgIpc) is 2.88. The number of benzene rings is 1. The molecule has 2 saturated heterocycles. The van der Waals surface area contributed by atoms with E-state index in [-0.39, 0.29) is 6.10 Å². The number of fused-ring (bicyclic) bond motifs is 3. The maximum absolute atomic E-state index is 9.86. The van der Waals surface area contributed by atoms with Crippen LogP contribution in [-0.4, -0.2) is 33.3 Å². The molecular formula is C14H18N4O. The number of nitrogens with two attached hydrogens (primary N) is 1. The summed E-state index contributed by atoms with van der Waals surface area (Å²) in [6.45, 7) is 0. The van der Waals surface area contributed by atoms with Gasteiger partial charge in [-0.15, -0.1) is 0 Å². The van der Waals surface area contributed by atoms with Crippen molar-refractivity contribution >= 4 is 22.7 Å². The minimum Gasteiger partial charge on any atom is -0.399 e. The predicted molar refractivity (Wildman–Crippen MR) is 75.0 cm³/mol. The van der Waals surface area contributed by atoms with E-state index >= 15 is 0 Å². The molecule has 2 fully saturated rings. The van der Waals surface area contributed by atoms with Crippen LogP contribution in [0.4, 0.5) is 11.6 Å². The summed E-state index contributed by atoms with van der Waals surface area (Å²) < 4.78 is 0. The maximum atomic E-state index is 9.86. The van der Waals surface area contributed by atoms with Gasteiger partial charge in [0, 0.05) is 17.8 Å². The number of nitrogen functional groups attached to an aromatic ring is 1. The highest BCUT2D eigenvalue weighted by molar-refractivity contribution is 5.81. The molecule has 2 aliphatic heterocycles. The summed E-state index contributed by atoms with van der Waals surface area (Å²) >= 11 is 0. The Kier molecular flexibility index (Phi) is 2.26. The molecule has 0 saturated carbocycles. The molecule has 4 rings (SSSR count). The summed E-state index contributed by atoms with van der Waals surface area (Å²) in [6, 6.07) is 6.60. The molecule has 5 heteroatoms. The number of anilines is 2. The third kappa shape index (κ3) is 1.69. The molecule has 19 heavy (non-hydrogen) atoms. The zero-order valence-electron chi connectivity index (χ0n) is 10.7. The first-order valence-electron chi connectivity index (χ1n) is 6.92. The van der Waals surface area contributed by atoms with Crippen molar-refractivity contribution in [3.05, 3.63) is 18.2 Å². The number of hydrogen-bond donors (Lipinski definition) is 3. The lowest BCUT2D eigenvalue weighted by molar-refractivity contribution is 0.126. The van der Waals surface area contributed by atoms with Crippen LogP contribution in [0.15, 0.2) is 18.2 Å². The molecule has 2 aromatic rings. The van der Waals surface area contributed by atoms with E-state index in [4.69, 9.17) is 5.73 Å². The van der Waals surface area contributed by atoms with Crippen LogP contribution in [0.25, 0.3) is 11.0 Å². The normalized spacial score (nSPS) is 30.2. The maximum Gasteiger partial charge on any atom is 0.204 e. The predicted octanol–water partition coefficient (Wildman–Crippen LogP) is 1.64. The second kappa shape index (κ2) is 3.87. The molecule has 0 spiro atoms. The number of imidazole rings is 1. The van der Waals surface area contributed by atoms with Crippen molar-refractivity contribution in [1.82, 2.24) is 9.97 Å². The number of hydrogen-bond acceptors (Lipinski definition) is 4. The van der Waals surface area contributed by atoms with Gasteiger partial charge in [0.25, 0.3) is 0 Å². The zero-order chi connectivity index (χ0) is 13.0. The van der Waals surface area contributed by atoms with Crippen molar-refractivity contribution < 1.29 is 5.11 Å². The van der Waals surface area contributed by atoms with E-state index in [1.165, 1.54) is 0 Å². The molecule has 100 valence electrons. The van der Waals surface area contributed by atoms with Crippen molar-refractivity contribution in [2.24, 2.45) is 0 Å². The quantitative estimate of drug-likeness (QED) is 0.679. The van der Waals surface area contributed by atoms with Crippen LogP contribution in [0.3, 0.4) is 0 Å². The summed E-state index contributed by atoms with van der Waals surface area (Å²) in [5.74, 6) is 0.931. The van der Waals surface area contributed by atoms with Gasteiger partial charge in [0.2, 0.25) is 5.95 Å². The fourth-order valence-corrected chi connectivity index (χ4v) is 3.63. The van der Waals surface area contributed by atoms with E-state index in [1.807, 2.05) is 18.2 Å². The summed E-state index contributed by atoms with van der Waals surface area (Å²) in [4.78, 5) is 10.4. The summed E-state index contributed by atoms with van der Waals surface area (Å²) in [7, 11) is 0. The van der Waals surface area contributed by atoms with Crippen LogP contribution < -0.4 is 10.6 Å². The molecule has 0 aliphatic carbocycles. The van der Waals surface area contributed by atoms with Crippen molar-refractivity contribution in [3.63, 3.8) is 0 Å². The van der Waals surface area contributed by atoms with Gasteiger partial charge < -0.3 is 20.7 Å². The monoisotopic (exact) mass is 258 g/mol. The smallest absolute Gasteiger partial charge is 0.204 e. The van der Waals surface area contributed by atoms with Crippen LogP contribution in [0.5, 0.6) is 0 Å². The van der Waals surface area contributed by atoms with Crippen LogP contribution in [0.2, 0.25) is 0 Å². The second-order valence-corrected chi connectivity index (χ2v) is 5.75. The van der Waals surface area contributed by atoms with E-state index in [0.717, 1.165) is 48.4 Å². The van der Waals surface area contributed by atoms with Gasteiger partial charge in [-0.2, -0.15) is 0 Å². The molecule has 0 amide bonds. The van der Waals surface area contributed by atoms with Gasteiger partial charge in [-0.05, 0) is 43.9 Å². The van der Waals surface area contributed by atoms with Crippen molar-refractivity contribution in [2.75, 3.05) is 10.6 Å². The number of nitrogens with one attached hydrogen (secondary N) is 1. The lowest BCUT2D eigenvalue weighted by atomic mass is 10.0. The average molecular weight is 258 g/mol. The number of H-pyrrole nitrogens is 1. The molecule has 0 radical (unpaired) electrons. The third-order valence-electron chi connectivity index (χ3n) is 4.45. The zero-order valence-corrected chi connectivity index (χ0v) is 10.7. The molecule has 3 heterocycles. The van der Waals surface area contributed by atoms with Crippen LogP contribution in [0, 0.1) is 0 Å². The van der Waals surface area contributed by atoms with Gasteiger partial charge in [0.15, 0.2) is 0 Å². The highest BCUT2D eigenvalue weighted by atomic mass is 16.3. The van der Waals surface area contributed by atoms with E-state index < -0.39 is 0 Å². The number of rotatable bonds is 1. The molecule has 2 bridgehead atoms. The summed E-state index contributed by atoms with van der Waals surface area (Å²) in [5.41, 5.74) is 8.49. The Labute approximate surface area is 111 Å². The topological polar surface area (TPSA) is 78.2 Å². The van der Waals surface area contributed by atoms with Crippen molar-refractivity contribution in [3.8, 4) is 0 Å². The molecule has 1 aromatic heterocycles.